The number of hydrogen-bond donors (Lipinski definition) is 0. The minimum Gasteiger partial charge on any atom is -0.361 e. The lowest BCUT2D eigenvalue weighted by molar-refractivity contribution is 0.108. The van der Waals surface area contributed by atoms with Crippen LogP contribution in [0.25, 0.3) is 0 Å². The summed E-state index contributed by atoms with van der Waals surface area (Å²) in [5.41, 5.74) is 0.330. The van der Waals surface area contributed by atoms with Gasteiger partial charge in [0.25, 0.3) is 5.24 Å². The summed E-state index contributed by atoms with van der Waals surface area (Å²) in [5, 5.41) is 2.83. The second-order valence-electron chi connectivity index (χ2n) is 1.75. The molecule has 0 fully saturated rings. The third kappa shape index (κ3) is 6.04. The van der Waals surface area contributed by atoms with Gasteiger partial charge in [-0.05, 0) is 18.5 Å². The first kappa shape index (κ1) is 12.9. The Labute approximate surface area is 90.6 Å². The van der Waals surface area contributed by atoms with Crippen molar-refractivity contribution in [1.82, 2.24) is 5.16 Å². The van der Waals surface area contributed by atoms with E-state index >= 15 is 0 Å². The van der Waals surface area contributed by atoms with Gasteiger partial charge in [0, 0.05) is 21.4 Å². The van der Waals surface area contributed by atoms with Gasteiger partial charge in [0.15, 0.2) is 0 Å². The van der Waals surface area contributed by atoms with Crippen molar-refractivity contribution in [2.45, 2.75) is 6.92 Å². The summed E-state index contributed by atoms with van der Waals surface area (Å²) in [7, 11) is 7.36. The Bertz CT molecular complexity index is 310. The van der Waals surface area contributed by atoms with Crippen LogP contribution in [0.3, 0.4) is 0 Å². The molecule has 13 heavy (non-hydrogen) atoms. The Morgan fingerprint density at radius 3 is 2.23 bits per heavy atom. The van der Waals surface area contributed by atoms with Gasteiger partial charge in [0.05, 0.1) is 11.8 Å². The molecule has 0 unspecified atom stereocenters. The van der Waals surface area contributed by atoms with Crippen LogP contribution in [-0.2, 0) is 9.23 Å². The Morgan fingerprint density at radius 1 is 1.62 bits per heavy atom. The molecule has 0 aliphatic carbocycles. The van der Waals surface area contributed by atoms with E-state index in [1.165, 1.54) is 6.20 Å². The van der Waals surface area contributed by atoms with Gasteiger partial charge in [-0.2, -0.15) is 0 Å². The number of carbonyl (C=O) groups excluding carboxylic acids is 1. The predicted octanol–water partition coefficient (Wildman–Crippen LogP) is 2.40. The SMILES string of the molecule is Cc1oncc1C(=O)Cl.O=S(Cl)Cl. The molecule has 74 valence electrons. The highest BCUT2D eigenvalue weighted by Crippen LogP contribution is 2.07. The second-order valence-corrected chi connectivity index (χ2v) is 4.62. The Morgan fingerprint density at radius 2 is 2.08 bits per heavy atom. The topological polar surface area (TPSA) is 60.2 Å². The van der Waals surface area contributed by atoms with Crippen LogP contribution in [0.4, 0.5) is 0 Å². The maximum Gasteiger partial charge on any atom is 0.257 e. The van der Waals surface area contributed by atoms with Gasteiger partial charge >= 0.3 is 0 Å². The lowest BCUT2D eigenvalue weighted by atomic mass is 10.3. The molecule has 1 rings (SSSR count). The van der Waals surface area contributed by atoms with Gasteiger partial charge in [0.2, 0.25) is 9.23 Å². The van der Waals surface area contributed by atoms with E-state index in [0.29, 0.717) is 11.3 Å². The van der Waals surface area contributed by atoms with Crippen LogP contribution >= 0.6 is 33.0 Å². The third-order valence-electron chi connectivity index (χ3n) is 0.962. The van der Waals surface area contributed by atoms with Crippen molar-refractivity contribution in [3.63, 3.8) is 0 Å². The van der Waals surface area contributed by atoms with E-state index in [-0.39, 0.29) is 0 Å². The second kappa shape index (κ2) is 6.37. The van der Waals surface area contributed by atoms with Crippen LogP contribution in [0.2, 0.25) is 0 Å². The Balaban J connectivity index is 0.000000310. The highest BCUT2D eigenvalue weighted by molar-refractivity contribution is 8.26. The first-order valence-electron chi connectivity index (χ1n) is 2.80. The predicted molar refractivity (Wildman–Crippen MR) is 51.3 cm³/mol. The minimum absolute atomic E-state index is 0.330. The third-order valence-corrected chi connectivity index (χ3v) is 1.17. The van der Waals surface area contributed by atoms with Crippen molar-refractivity contribution in [2.24, 2.45) is 0 Å². The number of aryl methyl sites for hydroxylation is 1. The fourth-order valence-corrected chi connectivity index (χ4v) is 0.669. The van der Waals surface area contributed by atoms with E-state index in [1.807, 2.05) is 0 Å². The molecule has 0 aromatic carbocycles. The number of aromatic nitrogens is 1. The number of carbonyl (C=O) groups is 1. The van der Waals surface area contributed by atoms with E-state index in [9.17, 15) is 4.79 Å². The van der Waals surface area contributed by atoms with Gasteiger partial charge in [-0.3, -0.25) is 4.79 Å². The summed E-state index contributed by atoms with van der Waals surface area (Å²) in [6.45, 7) is 1.63. The number of hydrogen-bond acceptors (Lipinski definition) is 4. The summed E-state index contributed by atoms with van der Waals surface area (Å²) in [4.78, 5) is 10.4. The Hall–Kier alpha value is -0.100. The van der Waals surface area contributed by atoms with E-state index in [4.69, 9.17) is 15.8 Å². The van der Waals surface area contributed by atoms with Gasteiger partial charge in [-0.1, -0.05) is 5.16 Å². The molecule has 0 bridgehead atoms. The lowest BCUT2D eigenvalue weighted by Gasteiger charge is -1.81. The monoisotopic (exact) mass is 263 g/mol. The molecule has 4 nitrogen and oxygen atoms in total. The zero-order chi connectivity index (χ0) is 10.4. The average molecular weight is 265 g/mol. The number of rotatable bonds is 1. The van der Waals surface area contributed by atoms with Crippen molar-refractivity contribution >= 4 is 47.4 Å². The molecule has 0 spiro atoms. The van der Waals surface area contributed by atoms with Crippen LogP contribution in [0.15, 0.2) is 10.7 Å². The summed E-state index contributed by atoms with van der Waals surface area (Å²) in [6.07, 6.45) is 1.30. The highest BCUT2D eigenvalue weighted by Gasteiger charge is 2.08. The first-order valence-corrected chi connectivity index (χ1v) is 5.98. The number of halogens is 3. The molecule has 0 saturated heterocycles. The standard InChI is InChI=1S/C5H4ClNO2.Cl2OS/c1-3-4(5(6)8)2-7-9-3;1-4(2)3/h2H,1H3;. The summed E-state index contributed by atoms with van der Waals surface area (Å²) in [6, 6.07) is 0. The van der Waals surface area contributed by atoms with Crippen molar-refractivity contribution in [3.8, 4) is 0 Å². The van der Waals surface area contributed by atoms with E-state index < -0.39 is 14.5 Å². The fraction of sp³-hybridized carbons (Fsp3) is 0.200. The minimum atomic E-state index is -1.67. The molecule has 0 atom stereocenters. The van der Waals surface area contributed by atoms with Crippen molar-refractivity contribution in [2.75, 3.05) is 0 Å². The molecule has 0 aliphatic heterocycles. The molecule has 0 aliphatic rings. The molecular weight excluding hydrogens is 260 g/mol. The molecule has 0 N–H and O–H groups in total. The van der Waals surface area contributed by atoms with Crippen molar-refractivity contribution < 1.29 is 13.5 Å². The molecular formula is C5H4Cl3NO3S. The van der Waals surface area contributed by atoms with E-state index in [0.717, 1.165) is 0 Å². The average Bonchev–Trinajstić information content (AvgIpc) is 2.33. The molecule has 0 amide bonds. The van der Waals surface area contributed by atoms with Crippen molar-refractivity contribution in [1.29, 1.82) is 0 Å². The van der Waals surface area contributed by atoms with E-state index in [1.54, 1.807) is 6.92 Å². The molecule has 1 aromatic rings. The zero-order valence-electron chi connectivity index (χ0n) is 6.29. The van der Waals surface area contributed by atoms with Gasteiger partial charge in [0.1, 0.15) is 5.76 Å². The molecule has 1 aromatic heterocycles. The largest absolute Gasteiger partial charge is 0.361 e. The van der Waals surface area contributed by atoms with Crippen LogP contribution in [-0.4, -0.2) is 14.6 Å². The zero-order valence-corrected chi connectivity index (χ0v) is 9.38. The van der Waals surface area contributed by atoms with Gasteiger partial charge < -0.3 is 4.52 Å². The van der Waals surface area contributed by atoms with Gasteiger partial charge in [-0.25, -0.2) is 4.21 Å². The molecule has 0 saturated carbocycles. The lowest BCUT2D eigenvalue weighted by Crippen LogP contribution is -1.86. The molecule has 8 heteroatoms. The van der Waals surface area contributed by atoms with Crippen LogP contribution < -0.4 is 0 Å². The highest BCUT2D eigenvalue weighted by atomic mass is 36.0. The number of nitrogens with zero attached hydrogens (tertiary/aromatic N) is 1. The maximum absolute atomic E-state index is 10.4. The summed E-state index contributed by atoms with van der Waals surface area (Å²) >= 11 is 5.11. The fourth-order valence-electron chi connectivity index (χ4n) is 0.487. The van der Waals surface area contributed by atoms with Crippen molar-refractivity contribution in [3.05, 3.63) is 17.5 Å². The normalized spacial score (nSPS) is 9.31. The van der Waals surface area contributed by atoms with Crippen LogP contribution in [0.1, 0.15) is 16.1 Å². The smallest absolute Gasteiger partial charge is 0.257 e. The quantitative estimate of drug-likeness (QED) is 0.731. The van der Waals surface area contributed by atoms with E-state index in [2.05, 4.69) is 31.0 Å². The van der Waals surface area contributed by atoms with Gasteiger partial charge in [-0.15, -0.1) is 0 Å². The maximum atomic E-state index is 10.4. The van der Waals surface area contributed by atoms with Crippen LogP contribution in [0, 0.1) is 6.92 Å². The molecule has 0 radical (unpaired) electrons. The summed E-state index contributed by atoms with van der Waals surface area (Å²) < 4.78 is 13.7. The Kier molecular flexibility index (Phi) is 6.32. The van der Waals surface area contributed by atoms with Crippen LogP contribution in [0.5, 0.6) is 0 Å². The summed E-state index contributed by atoms with van der Waals surface area (Å²) in [5.74, 6) is 0.454. The first-order chi connectivity index (χ1) is 5.95. The molecule has 1 heterocycles.